The van der Waals surface area contributed by atoms with Gasteiger partial charge < -0.3 is 13.7 Å². The molecule has 0 unspecified atom stereocenters. The maximum absolute atomic E-state index is 8.99. The fraction of sp³-hybridized carbons (Fsp3) is 0.0149. The maximum Gasteiger partial charge on any atom is 0.0754 e. The first-order valence-electron chi connectivity index (χ1n) is 28.5. The topological polar surface area (TPSA) is 14.8 Å². The summed E-state index contributed by atoms with van der Waals surface area (Å²) in [5.41, 5.74) is 16.4. The molecule has 16 rings (SSSR count). The van der Waals surface area contributed by atoms with E-state index in [1.54, 1.807) is 9.13 Å². The second kappa shape index (κ2) is 13.9. The lowest BCUT2D eigenvalue weighted by Gasteiger charge is -2.40. The molecule has 0 fully saturated rings. The highest BCUT2D eigenvalue weighted by Gasteiger charge is 2.51. The Balaban J connectivity index is 0.942. The van der Waals surface area contributed by atoms with Gasteiger partial charge in [0, 0.05) is 43.7 Å². The molecule has 2 aliphatic rings. The Kier molecular flexibility index (Phi) is 5.89. The van der Waals surface area contributed by atoms with Crippen LogP contribution >= 0.6 is 0 Å². The van der Waals surface area contributed by atoms with E-state index in [1.165, 1.54) is 5.39 Å². The van der Waals surface area contributed by atoms with Gasteiger partial charge in [0.25, 0.3) is 0 Å². The van der Waals surface area contributed by atoms with Crippen LogP contribution in [0.1, 0.15) is 36.0 Å². The molecule has 4 heterocycles. The lowest BCUT2D eigenvalue weighted by Crippen LogP contribution is -2.33. The van der Waals surface area contributed by atoms with Gasteiger partial charge >= 0.3 is 0 Å². The summed E-state index contributed by atoms with van der Waals surface area (Å²) in [7, 11) is 0. The van der Waals surface area contributed by atoms with E-state index < -0.39 is 17.5 Å². The van der Waals surface area contributed by atoms with Gasteiger partial charge in [0.2, 0.25) is 0 Å². The van der Waals surface area contributed by atoms with Crippen molar-refractivity contribution in [3.8, 4) is 50.4 Å². The number of para-hydroxylation sites is 7. The van der Waals surface area contributed by atoms with Crippen molar-refractivity contribution in [2.24, 2.45) is 0 Å². The zero-order valence-corrected chi connectivity index (χ0v) is 37.2. The first kappa shape index (κ1) is 29.6. The normalized spacial score (nSPS) is 15.3. The highest BCUT2D eigenvalue weighted by molar-refractivity contribution is 6.14. The molecular formula is C67H41N3. The van der Waals surface area contributed by atoms with E-state index in [0.29, 0.717) is 0 Å². The Morgan fingerprint density at radius 2 is 0.714 bits per heavy atom. The molecule has 11 aromatic carbocycles. The molecule has 3 nitrogen and oxygen atoms in total. The van der Waals surface area contributed by atoms with Gasteiger partial charge in [0.05, 0.1) is 57.9 Å². The number of benzene rings is 11. The van der Waals surface area contributed by atoms with Crippen LogP contribution < -0.4 is 0 Å². The smallest absolute Gasteiger partial charge is 0.0754 e. The highest BCUT2D eigenvalue weighted by Crippen LogP contribution is 2.62. The van der Waals surface area contributed by atoms with E-state index in [0.717, 1.165) is 121 Å². The molecule has 0 amide bonds. The lowest BCUT2D eigenvalue weighted by molar-refractivity contribution is 0.749. The number of hydrogen-bond acceptors (Lipinski definition) is 0. The van der Waals surface area contributed by atoms with E-state index in [2.05, 4.69) is 132 Å². The number of rotatable bonds is 4. The third-order valence-corrected chi connectivity index (χ3v) is 15.2. The molecule has 0 atom stereocenters. The molecule has 3 heteroatoms. The Morgan fingerprint density at radius 1 is 0.300 bits per heavy atom. The predicted molar refractivity (Wildman–Crippen MR) is 291 cm³/mol. The molecule has 3 aromatic heterocycles. The second-order valence-corrected chi connectivity index (χ2v) is 18.5. The van der Waals surface area contributed by atoms with Crippen molar-refractivity contribution in [2.45, 2.75) is 5.41 Å². The van der Waals surface area contributed by atoms with Crippen LogP contribution in [-0.2, 0) is 5.41 Å². The van der Waals surface area contributed by atoms with Crippen LogP contribution in [0.4, 0.5) is 0 Å². The van der Waals surface area contributed by atoms with Crippen molar-refractivity contribution in [3.63, 3.8) is 0 Å². The van der Waals surface area contributed by atoms with Crippen molar-refractivity contribution in [1.29, 1.82) is 0 Å². The third-order valence-electron chi connectivity index (χ3n) is 15.2. The predicted octanol–water partition coefficient (Wildman–Crippen LogP) is 17.0. The SMILES string of the molecule is [2H]c1c([2H])c([2H])c(-n2c3ccccc3c3cc(-c4ccc5c(c4)C4(c6cc(-c7ccc8c(c7)c7ccccc7n8-c7c([2H])c([2H])c([2H])c([2H])c7[2H])ccc6-5)c5ccccc5-n5c6ccccc6c6cccc4c65)ccc32)c([2H])c1[2H]. The fourth-order valence-corrected chi connectivity index (χ4v) is 12.5. The molecule has 0 bridgehead atoms. The Morgan fingerprint density at radius 3 is 1.27 bits per heavy atom. The maximum atomic E-state index is 8.99. The quantitative estimate of drug-likeness (QED) is 0.167. The summed E-state index contributed by atoms with van der Waals surface area (Å²) >= 11 is 0. The van der Waals surface area contributed by atoms with Gasteiger partial charge in [0.1, 0.15) is 0 Å². The van der Waals surface area contributed by atoms with Gasteiger partial charge in [-0.3, -0.25) is 0 Å². The van der Waals surface area contributed by atoms with Crippen LogP contribution in [-0.4, -0.2) is 13.7 Å². The molecule has 1 spiro atoms. The van der Waals surface area contributed by atoms with E-state index >= 15 is 0 Å². The summed E-state index contributed by atoms with van der Waals surface area (Å²) in [6, 6.07) is 62.4. The van der Waals surface area contributed by atoms with Crippen LogP contribution in [0.25, 0.3) is 116 Å². The van der Waals surface area contributed by atoms with Crippen molar-refractivity contribution in [3.05, 3.63) is 271 Å². The minimum absolute atomic E-state index is 0.106. The molecule has 1 aliphatic heterocycles. The standard InChI is InChI=1S/C67H41N3/c1-3-16-46(17-4-1)68-60-26-11-8-21-51(60)54-38-42(32-36-63(54)68)44-30-34-48-49-35-31-45(43-33-37-64-55(39-43)52-22-9-12-27-61(52)69(64)47-18-5-2-6-19-47)41-59(49)67(58(48)40-44)56-24-10-14-29-65(56)70-62-28-13-7-20-50(62)53-23-15-25-57(67)66(53)70/h1-41H/i1D,2D,3D,4D,5D,6D,16D,17D,18D,19D. The lowest BCUT2D eigenvalue weighted by atomic mass is 9.65. The van der Waals surface area contributed by atoms with Crippen LogP contribution in [0.2, 0.25) is 0 Å². The van der Waals surface area contributed by atoms with Gasteiger partial charge in [-0.1, -0.05) is 164 Å². The van der Waals surface area contributed by atoms with Crippen LogP contribution in [0.5, 0.6) is 0 Å². The largest absolute Gasteiger partial charge is 0.309 e. The summed E-state index contributed by atoms with van der Waals surface area (Å²) in [5.74, 6) is 0. The monoisotopic (exact) mass is 897 g/mol. The zero-order chi connectivity index (χ0) is 54.4. The molecular weight excluding hydrogens is 847 g/mol. The van der Waals surface area contributed by atoms with Crippen molar-refractivity contribution in [1.82, 2.24) is 13.7 Å². The van der Waals surface area contributed by atoms with Gasteiger partial charge in [0.15, 0.2) is 0 Å². The molecule has 0 saturated carbocycles. The van der Waals surface area contributed by atoms with Crippen molar-refractivity contribution >= 4 is 65.4 Å². The summed E-state index contributed by atoms with van der Waals surface area (Å²) in [6.45, 7) is 0. The molecule has 0 radical (unpaired) electrons. The van der Waals surface area contributed by atoms with Crippen LogP contribution in [0.3, 0.4) is 0 Å². The van der Waals surface area contributed by atoms with Gasteiger partial charge in [-0.25, -0.2) is 0 Å². The average Bonchev–Trinajstić information content (AvgIpc) is 2.38. The Hall–Kier alpha value is -9.18. The van der Waals surface area contributed by atoms with Crippen LogP contribution in [0.15, 0.2) is 248 Å². The van der Waals surface area contributed by atoms with E-state index in [4.69, 9.17) is 13.7 Å². The average molecular weight is 898 g/mol. The Labute approximate surface area is 418 Å². The molecule has 1 aliphatic carbocycles. The number of aromatic nitrogens is 3. The highest BCUT2D eigenvalue weighted by atomic mass is 15.0. The van der Waals surface area contributed by atoms with Crippen LogP contribution in [0, 0.1) is 0 Å². The number of nitrogens with zero attached hydrogens (tertiary/aromatic N) is 3. The second-order valence-electron chi connectivity index (χ2n) is 18.5. The molecule has 0 N–H and O–H groups in total. The zero-order valence-electron chi connectivity index (χ0n) is 47.2. The first-order chi connectivity index (χ1) is 38.9. The van der Waals surface area contributed by atoms with E-state index in [-0.39, 0.29) is 59.7 Å². The van der Waals surface area contributed by atoms with E-state index in [1.807, 2.05) is 60.7 Å². The molecule has 324 valence electrons. The third kappa shape index (κ3) is 4.88. The van der Waals surface area contributed by atoms with Gasteiger partial charge in [-0.15, -0.1) is 0 Å². The fourth-order valence-electron chi connectivity index (χ4n) is 12.5. The summed E-state index contributed by atoms with van der Waals surface area (Å²) < 4.78 is 92.9. The molecule has 14 aromatic rings. The number of hydrogen-bond donors (Lipinski definition) is 0. The summed E-state index contributed by atoms with van der Waals surface area (Å²) in [6.07, 6.45) is 0. The minimum Gasteiger partial charge on any atom is -0.309 e. The van der Waals surface area contributed by atoms with Gasteiger partial charge in [-0.05, 0) is 140 Å². The summed E-state index contributed by atoms with van der Waals surface area (Å²) in [4.78, 5) is 0. The first-order valence-corrected chi connectivity index (χ1v) is 23.5. The summed E-state index contributed by atoms with van der Waals surface area (Å²) in [5, 5.41) is 5.90. The van der Waals surface area contributed by atoms with E-state index in [9.17, 15) is 0 Å². The minimum atomic E-state index is -0.820. The van der Waals surface area contributed by atoms with Crippen molar-refractivity contribution in [2.75, 3.05) is 0 Å². The van der Waals surface area contributed by atoms with Gasteiger partial charge in [-0.2, -0.15) is 0 Å². The number of fused-ring (bicyclic) bond motifs is 18. The molecule has 70 heavy (non-hydrogen) atoms. The Bertz CT molecular complexity index is 4870. The van der Waals surface area contributed by atoms with Crippen molar-refractivity contribution < 1.29 is 13.7 Å². The molecule has 0 saturated heterocycles.